The Morgan fingerprint density at radius 2 is 1.84 bits per heavy atom. The number of hydrogen-bond donors (Lipinski definition) is 3. The predicted molar refractivity (Wildman–Crippen MR) is 121 cm³/mol. The molecule has 0 aliphatic rings. The number of nitrogens with one attached hydrogen (secondary N) is 3. The van der Waals surface area contributed by atoms with Gasteiger partial charge in [-0.25, -0.2) is 9.97 Å². The number of hydrogen-bond acceptors (Lipinski definition) is 4. The summed E-state index contributed by atoms with van der Waals surface area (Å²) in [5.74, 6) is 1.30. The van der Waals surface area contributed by atoms with Crippen molar-refractivity contribution in [2.75, 3.05) is 0 Å². The van der Waals surface area contributed by atoms with E-state index in [1.165, 1.54) is 0 Å². The molecule has 31 heavy (non-hydrogen) atoms. The maximum Gasteiger partial charge on any atom is 0.258 e. The minimum atomic E-state index is -0.177. The van der Waals surface area contributed by atoms with Crippen molar-refractivity contribution in [2.45, 2.75) is 38.6 Å². The molecule has 0 fully saturated rings. The number of carbonyl (C=O) groups excluding carboxylic acids is 1. The van der Waals surface area contributed by atoms with E-state index in [9.17, 15) is 9.59 Å². The topological polar surface area (TPSA) is 104 Å². The van der Waals surface area contributed by atoms with E-state index in [1.807, 2.05) is 55.5 Å². The first-order valence-electron chi connectivity index (χ1n) is 10.5. The number of para-hydroxylation sites is 1. The molecule has 0 spiro atoms. The maximum atomic E-state index is 12.5. The normalized spacial score (nSPS) is 12.0. The number of imidazole rings is 1. The van der Waals surface area contributed by atoms with Crippen molar-refractivity contribution < 1.29 is 4.79 Å². The highest BCUT2D eigenvalue weighted by Crippen LogP contribution is 2.20. The van der Waals surface area contributed by atoms with Crippen LogP contribution in [0.25, 0.3) is 22.2 Å². The summed E-state index contributed by atoms with van der Waals surface area (Å²) in [6.45, 7) is 2.01. The molecule has 0 saturated heterocycles. The van der Waals surface area contributed by atoms with Gasteiger partial charge in [-0.2, -0.15) is 0 Å². The van der Waals surface area contributed by atoms with Gasteiger partial charge in [0.05, 0.1) is 28.8 Å². The van der Waals surface area contributed by atoms with Gasteiger partial charge in [-0.1, -0.05) is 49.4 Å². The number of carbonyl (C=O) groups is 1. The van der Waals surface area contributed by atoms with Gasteiger partial charge in [0.2, 0.25) is 5.91 Å². The molecule has 0 radical (unpaired) electrons. The molecule has 2 aromatic heterocycles. The van der Waals surface area contributed by atoms with Crippen molar-refractivity contribution in [2.24, 2.45) is 0 Å². The summed E-state index contributed by atoms with van der Waals surface area (Å²) in [6.07, 6.45) is 3.99. The molecule has 4 rings (SSSR count). The first-order chi connectivity index (χ1) is 15.1. The summed E-state index contributed by atoms with van der Waals surface area (Å²) in [4.78, 5) is 39.7. The fraction of sp³-hybridized carbons (Fsp3) is 0.250. The molecule has 2 aromatic carbocycles. The molecule has 1 atom stereocenters. The highest BCUT2D eigenvalue weighted by atomic mass is 16.1. The molecule has 0 saturated carbocycles. The SMILES string of the molecule is CCC(NC(=O)CCCc1nc2ccccc2c(=O)[nH]1)c1ncc(-c2ccccc2)[nH]1. The number of aryl methyl sites for hydroxylation is 1. The Labute approximate surface area is 180 Å². The van der Waals surface area contributed by atoms with E-state index in [0.717, 1.165) is 23.5 Å². The van der Waals surface area contributed by atoms with E-state index in [2.05, 4.69) is 25.3 Å². The zero-order valence-electron chi connectivity index (χ0n) is 17.4. The Morgan fingerprint density at radius 1 is 1.06 bits per heavy atom. The summed E-state index contributed by atoms with van der Waals surface area (Å²) >= 11 is 0. The number of amides is 1. The van der Waals surface area contributed by atoms with E-state index < -0.39 is 0 Å². The van der Waals surface area contributed by atoms with Gasteiger partial charge in [0.1, 0.15) is 11.6 Å². The molecule has 0 bridgehead atoms. The van der Waals surface area contributed by atoms with Gasteiger partial charge in [-0.3, -0.25) is 9.59 Å². The third kappa shape index (κ3) is 4.88. The van der Waals surface area contributed by atoms with E-state index in [1.54, 1.807) is 12.3 Å². The lowest BCUT2D eigenvalue weighted by molar-refractivity contribution is -0.122. The molecule has 158 valence electrons. The zero-order valence-corrected chi connectivity index (χ0v) is 17.4. The third-order valence-corrected chi connectivity index (χ3v) is 5.23. The fourth-order valence-corrected chi connectivity index (χ4v) is 3.58. The Kier molecular flexibility index (Phi) is 6.21. The number of benzene rings is 2. The lowest BCUT2D eigenvalue weighted by Gasteiger charge is -2.14. The smallest absolute Gasteiger partial charge is 0.258 e. The van der Waals surface area contributed by atoms with Crippen molar-refractivity contribution in [1.29, 1.82) is 0 Å². The van der Waals surface area contributed by atoms with Crippen molar-refractivity contribution in [3.8, 4) is 11.3 Å². The van der Waals surface area contributed by atoms with E-state index in [0.29, 0.717) is 36.0 Å². The van der Waals surface area contributed by atoms with Crippen molar-refractivity contribution in [3.63, 3.8) is 0 Å². The minimum absolute atomic E-state index is 0.0485. The van der Waals surface area contributed by atoms with Crippen LogP contribution in [0.2, 0.25) is 0 Å². The predicted octanol–water partition coefficient (Wildman–Crippen LogP) is 3.90. The second-order valence-corrected chi connectivity index (χ2v) is 7.46. The number of aromatic amines is 2. The highest BCUT2D eigenvalue weighted by Gasteiger charge is 2.16. The Hall–Kier alpha value is -3.74. The fourth-order valence-electron chi connectivity index (χ4n) is 3.58. The first-order valence-corrected chi connectivity index (χ1v) is 10.5. The Morgan fingerprint density at radius 3 is 2.65 bits per heavy atom. The van der Waals surface area contributed by atoms with Gasteiger partial charge < -0.3 is 15.3 Å². The maximum absolute atomic E-state index is 12.5. The largest absolute Gasteiger partial charge is 0.346 e. The zero-order chi connectivity index (χ0) is 21.6. The van der Waals surface area contributed by atoms with Gasteiger partial charge >= 0.3 is 0 Å². The van der Waals surface area contributed by atoms with Gasteiger partial charge in [-0.15, -0.1) is 0 Å². The summed E-state index contributed by atoms with van der Waals surface area (Å²) in [5.41, 5.74) is 2.50. The summed E-state index contributed by atoms with van der Waals surface area (Å²) in [5, 5.41) is 3.62. The van der Waals surface area contributed by atoms with Crippen LogP contribution in [-0.2, 0) is 11.2 Å². The van der Waals surface area contributed by atoms with Crippen LogP contribution in [0, 0.1) is 0 Å². The molecule has 3 N–H and O–H groups in total. The average Bonchev–Trinajstić information content (AvgIpc) is 3.28. The molecule has 4 aromatic rings. The Bertz CT molecular complexity index is 1230. The van der Waals surface area contributed by atoms with E-state index in [-0.39, 0.29) is 17.5 Å². The first kappa shape index (κ1) is 20.5. The van der Waals surface area contributed by atoms with E-state index in [4.69, 9.17) is 0 Å². The van der Waals surface area contributed by atoms with Crippen molar-refractivity contribution in [3.05, 3.63) is 82.8 Å². The molecule has 1 amide bonds. The van der Waals surface area contributed by atoms with Crippen LogP contribution in [0.3, 0.4) is 0 Å². The minimum Gasteiger partial charge on any atom is -0.346 e. The lowest BCUT2D eigenvalue weighted by Crippen LogP contribution is -2.28. The lowest BCUT2D eigenvalue weighted by atomic mass is 10.1. The molecule has 0 aliphatic carbocycles. The van der Waals surface area contributed by atoms with Gasteiger partial charge in [-0.05, 0) is 30.5 Å². The standard InChI is InChI=1S/C24H25N5O2/c1-2-18(23-25-15-20(28-23)16-9-4-3-5-10-16)27-22(30)14-8-13-21-26-19-12-7-6-11-17(19)24(31)29-21/h3-7,9-12,15,18H,2,8,13-14H2,1H3,(H,25,28)(H,27,30)(H,26,29,31). The van der Waals surface area contributed by atoms with Crippen LogP contribution >= 0.6 is 0 Å². The molecule has 7 heteroatoms. The molecule has 7 nitrogen and oxygen atoms in total. The van der Waals surface area contributed by atoms with Crippen LogP contribution in [0.4, 0.5) is 0 Å². The second kappa shape index (κ2) is 9.38. The van der Waals surface area contributed by atoms with Gasteiger partial charge in [0.25, 0.3) is 5.56 Å². The molecule has 2 heterocycles. The van der Waals surface area contributed by atoms with Crippen LogP contribution in [0.1, 0.15) is 43.9 Å². The molecular weight excluding hydrogens is 390 g/mol. The number of aromatic nitrogens is 4. The van der Waals surface area contributed by atoms with Crippen LogP contribution in [0.15, 0.2) is 65.6 Å². The van der Waals surface area contributed by atoms with Gasteiger partial charge in [0, 0.05) is 12.8 Å². The number of nitrogens with zero attached hydrogens (tertiary/aromatic N) is 2. The summed E-state index contributed by atoms with van der Waals surface area (Å²) in [7, 11) is 0. The highest BCUT2D eigenvalue weighted by molar-refractivity contribution is 5.77. The van der Waals surface area contributed by atoms with Crippen LogP contribution in [-0.4, -0.2) is 25.8 Å². The molecular formula is C24H25N5O2. The molecule has 1 unspecified atom stereocenters. The van der Waals surface area contributed by atoms with Crippen molar-refractivity contribution in [1.82, 2.24) is 25.3 Å². The quantitative estimate of drug-likeness (QED) is 0.406. The number of fused-ring (bicyclic) bond motifs is 1. The van der Waals surface area contributed by atoms with Crippen LogP contribution < -0.4 is 10.9 Å². The van der Waals surface area contributed by atoms with Gasteiger partial charge in [0.15, 0.2) is 0 Å². The third-order valence-electron chi connectivity index (χ3n) is 5.23. The van der Waals surface area contributed by atoms with E-state index >= 15 is 0 Å². The summed E-state index contributed by atoms with van der Waals surface area (Å²) in [6, 6.07) is 17.0. The van der Waals surface area contributed by atoms with Crippen molar-refractivity contribution >= 4 is 16.8 Å². The average molecular weight is 415 g/mol. The number of H-pyrrole nitrogens is 2. The monoisotopic (exact) mass is 415 g/mol. The number of rotatable bonds is 8. The van der Waals surface area contributed by atoms with Crippen LogP contribution in [0.5, 0.6) is 0 Å². The Balaban J connectivity index is 1.34. The molecule has 0 aliphatic heterocycles. The second-order valence-electron chi connectivity index (χ2n) is 7.46. The summed E-state index contributed by atoms with van der Waals surface area (Å²) < 4.78 is 0.